The molecule has 0 saturated carbocycles. The number of carbonyl (C=O) groups is 3. The monoisotopic (exact) mass is 336 g/mol. The Morgan fingerprint density at radius 3 is 2.42 bits per heavy atom. The number of rotatable bonds is 8. The van der Waals surface area contributed by atoms with Crippen LogP contribution in [0.5, 0.6) is 0 Å². The van der Waals surface area contributed by atoms with E-state index >= 15 is 0 Å². The fourth-order valence-electron chi connectivity index (χ4n) is 2.78. The Bertz CT molecular complexity index is 654. The first-order valence-electron chi connectivity index (χ1n) is 7.21. The number of aliphatic hydroxyl groups excluding tert-OH is 1. The summed E-state index contributed by atoms with van der Waals surface area (Å²) in [6.45, 7) is 0. The summed E-state index contributed by atoms with van der Waals surface area (Å²) in [4.78, 5) is 44.7. The Labute approximate surface area is 136 Å². The third-order valence-corrected chi connectivity index (χ3v) is 4.02. The lowest BCUT2D eigenvalue weighted by Gasteiger charge is -2.40. The molecule has 1 aromatic carbocycles. The van der Waals surface area contributed by atoms with Gasteiger partial charge in [-0.25, -0.2) is 0 Å². The first kappa shape index (κ1) is 17.7. The molecule has 1 fully saturated rings. The minimum Gasteiger partial charge on any atom is -0.367 e. The first-order valence-corrected chi connectivity index (χ1v) is 7.21. The number of nitrogens with one attached hydrogen (secondary N) is 1. The molecule has 1 aromatic rings. The van der Waals surface area contributed by atoms with E-state index in [0.717, 1.165) is 0 Å². The quantitative estimate of drug-likeness (QED) is 0.188. The van der Waals surface area contributed by atoms with Crippen molar-refractivity contribution in [2.45, 2.75) is 25.2 Å². The molecule has 9 nitrogen and oxygen atoms in total. The number of β-lactam (4-membered cyclic amide) rings is 1. The van der Waals surface area contributed by atoms with Crippen LogP contribution in [0.2, 0.25) is 0 Å². The van der Waals surface area contributed by atoms with Crippen molar-refractivity contribution in [1.29, 1.82) is 0 Å². The van der Waals surface area contributed by atoms with Crippen molar-refractivity contribution in [2.75, 3.05) is 0 Å². The molecule has 1 aliphatic heterocycles. The predicted octanol–water partition coefficient (Wildman–Crippen LogP) is -0.663. The Morgan fingerprint density at radius 1 is 1.33 bits per heavy atom. The molecular weight excluding hydrogens is 320 g/mol. The van der Waals surface area contributed by atoms with Gasteiger partial charge >= 0.3 is 0 Å². The molecule has 24 heavy (non-hydrogen) atoms. The zero-order chi connectivity index (χ0) is 17.9. The summed E-state index contributed by atoms with van der Waals surface area (Å²) in [5.41, 5.74) is 0.317. The van der Waals surface area contributed by atoms with Crippen LogP contribution in [0.3, 0.4) is 0 Å². The number of aliphatic hydroxyl groups is 2. The molecule has 1 saturated heterocycles. The smallest absolute Gasteiger partial charge is 0.269 e. The lowest BCUT2D eigenvalue weighted by Crippen LogP contribution is -2.64. The highest BCUT2D eigenvalue weighted by molar-refractivity contribution is 5.94. The van der Waals surface area contributed by atoms with Gasteiger partial charge in [-0.3, -0.25) is 19.7 Å². The second-order valence-electron chi connectivity index (χ2n) is 5.55. The van der Waals surface area contributed by atoms with Crippen molar-refractivity contribution in [3.63, 3.8) is 0 Å². The molecule has 0 aliphatic carbocycles. The van der Waals surface area contributed by atoms with Gasteiger partial charge in [-0.05, 0) is 5.56 Å². The summed E-state index contributed by atoms with van der Waals surface area (Å²) in [5.74, 6) is -3.45. The number of hydrogen-bond acceptors (Lipinski definition) is 7. The van der Waals surface area contributed by atoms with E-state index in [1.54, 1.807) is 0 Å². The van der Waals surface area contributed by atoms with Crippen LogP contribution < -0.4 is 5.32 Å². The van der Waals surface area contributed by atoms with Gasteiger partial charge in [0.05, 0.1) is 16.8 Å². The van der Waals surface area contributed by atoms with Crippen LogP contribution in [0.4, 0.5) is 5.69 Å². The zero-order valence-electron chi connectivity index (χ0n) is 12.5. The van der Waals surface area contributed by atoms with Gasteiger partial charge in [0, 0.05) is 31.0 Å². The third kappa shape index (κ3) is 3.63. The first-order chi connectivity index (χ1) is 11.3. The number of ketones is 1. The number of amides is 1. The van der Waals surface area contributed by atoms with E-state index in [9.17, 15) is 34.7 Å². The SMILES string of the molecule is O=CCC1NC(=O)C1C(C(=O)Cc1ccc([N+](=O)[O-])cc1)C(O)O. The van der Waals surface area contributed by atoms with E-state index in [-0.39, 0.29) is 18.5 Å². The number of nitrogens with zero attached hydrogens (tertiary/aromatic N) is 1. The topological polar surface area (TPSA) is 147 Å². The van der Waals surface area contributed by atoms with Crippen LogP contribution in [0.15, 0.2) is 24.3 Å². The highest BCUT2D eigenvalue weighted by Crippen LogP contribution is 2.29. The minimum absolute atomic E-state index is 0.0234. The third-order valence-electron chi connectivity index (χ3n) is 4.02. The van der Waals surface area contributed by atoms with Gasteiger partial charge in [0.15, 0.2) is 6.29 Å². The molecule has 0 radical (unpaired) electrons. The summed E-state index contributed by atoms with van der Waals surface area (Å²) < 4.78 is 0. The number of hydrogen-bond donors (Lipinski definition) is 3. The van der Waals surface area contributed by atoms with Gasteiger partial charge in [-0.15, -0.1) is 0 Å². The summed E-state index contributed by atoms with van der Waals surface area (Å²) in [6, 6.07) is 4.64. The molecule has 128 valence electrons. The fraction of sp³-hybridized carbons (Fsp3) is 0.400. The maximum absolute atomic E-state index is 12.4. The van der Waals surface area contributed by atoms with Crippen molar-refractivity contribution >= 4 is 23.7 Å². The lowest BCUT2D eigenvalue weighted by molar-refractivity contribution is -0.384. The van der Waals surface area contributed by atoms with Crippen molar-refractivity contribution < 1.29 is 29.5 Å². The molecule has 3 unspecified atom stereocenters. The second-order valence-corrected chi connectivity index (χ2v) is 5.55. The van der Waals surface area contributed by atoms with Crippen LogP contribution in [-0.2, 0) is 20.8 Å². The number of Topliss-reactive ketones (excluding diaryl/α,β-unsaturated/α-hetero) is 1. The standard InChI is InChI=1S/C15H16N2O7/c18-6-5-10-12(14(20)16-10)13(15(21)22)11(19)7-8-1-3-9(4-2-8)17(23)24/h1-4,6,10,12-13,15,21-22H,5,7H2,(H,16,20). The van der Waals surface area contributed by atoms with E-state index in [2.05, 4.69) is 5.32 Å². The number of aldehydes is 1. The Hall–Kier alpha value is -2.65. The number of nitro benzene ring substituents is 1. The largest absolute Gasteiger partial charge is 0.367 e. The van der Waals surface area contributed by atoms with Gasteiger partial charge in [-0.1, -0.05) is 12.1 Å². The molecule has 9 heteroatoms. The number of nitro groups is 1. The van der Waals surface area contributed by atoms with Gasteiger partial charge < -0.3 is 20.3 Å². The Balaban J connectivity index is 2.13. The lowest BCUT2D eigenvalue weighted by atomic mass is 9.74. The van der Waals surface area contributed by atoms with Crippen molar-refractivity contribution in [1.82, 2.24) is 5.32 Å². The molecule has 2 rings (SSSR count). The van der Waals surface area contributed by atoms with Gasteiger partial charge in [0.25, 0.3) is 5.69 Å². The van der Waals surface area contributed by atoms with E-state index in [1.807, 2.05) is 0 Å². The second kappa shape index (κ2) is 7.28. The molecule has 1 amide bonds. The van der Waals surface area contributed by atoms with Crippen LogP contribution in [0.25, 0.3) is 0 Å². The number of non-ortho nitro benzene ring substituents is 1. The van der Waals surface area contributed by atoms with Gasteiger partial charge in [0.1, 0.15) is 12.1 Å². The van der Waals surface area contributed by atoms with Crippen molar-refractivity contribution in [3.8, 4) is 0 Å². The van der Waals surface area contributed by atoms with Crippen LogP contribution in [-0.4, -0.2) is 45.4 Å². The zero-order valence-corrected chi connectivity index (χ0v) is 12.5. The molecule has 3 atom stereocenters. The highest BCUT2D eigenvalue weighted by Gasteiger charge is 2.49. The summed E-state index contributed by atoms with van der Waals surface area (Å²) in [5, 5.41) is 32.0. The van der Waals surface area contributed by atoms with Gasteiger partial charge in [0.2, 0.25) is 5.91 Å². The highest BCUT2D eigenvalue weighted by atomic mass is 16.6. The van der Waals surface area contributed by atoms with Crippen molar-refractivity contribution in [2.24, 2.45) is 11.8 Å². The van der Waals surface area contributed by atoms with Crippen LogP contribution in [0.1, 0.15) is 12.0 Å². The number of carbonyl (C=O) groups excluding carboxylic acids is 3. The fourth-order valence-corrected chi connectivity index (χ4v) is 2.78. The van der Waals surface area contributed by atoms with Crippen molar-refractivity contribution in [3.05, 3.63) is 39.9 Å². The maximum atomic E-state index is 12.4. The maximum Gasteiger partial charge on any atom is 0.269 e. The van der Waals surface area contributed by atoms with E-state index < -0.39 is 40.8 Å². The summed E-state index contributed by atoms with van der Waals surface area (Å²) in [6.07, 6.45) is -1.69. The molecule has 3 N–H and O–H groups in total. The minimum atomic E-state index is -2.04. The van der Waals surface area contributed by atoms with E-state index in [4.69, 9.17) is 0 Å². The van der Waals surface area contributed by atoms with Crippen LogP contribution >= 0.6 is 0 Å². The Morgan fingerprint density at radius 2 is 1.96 bits per heavy atom. The average Bonchev–Trinajstić information content (AvgIpc) is 2.52. The number of benzene rings is 1. The van der Waals surface area contributed by atoms with E-state index in [0.29, 0.717) is 11.8 Å². The van der Waals surface area contributed by atoms with Gasteiger partial charge in [-0.2, -0.15) is 0 Å². The molecule has 1 heterocycles. The molecule has 1 aliphatic rings. The predicted molar refractivity (Wildman–Crippen MR) is 79.6 cm³/mol. The summed E-state index contributed by atoms with van der Waals surface area (Å²) >= 11 is 0. The molecule has 0 bridgehead atoms. The molecule has 0 aromatic heterocycles. The average molecular weight is 336 g/mol. The van der Waals surface area contributed by atoms with E-state index in [1.165, 1.54) is 24.3 Å². The molecule has 0 spiro atoms. The summed E-state index contributed by atoms with van der Waals surface area (Å²) in [7, 11) is 0. The van der Waals surface area contributed by atoms with Crippen LogP contribution in [0, 0.1) is 22.0 Å². The molecular formula is C15H16N2O7. The normalized spacial score (nSPS) is 20.9. The Kier molecular flexibility index (Phi) is 5.37.